The number of hydrogen-bond donors (Lipinski definition) is 2. The molecule has 0 radical (unpaired) electrons. The molecule has 5 rings (SSSR count). The summed E-state index contributed by atoms with van der Waals surface area (Å²) in [7, 11) is -3.71. The van der Waals surface area contributed by atoms with Gasteiger partial charge in [0.25, 0.3) is 10.0 Å². The Labute approximate surface area is 187 Å². The minimum Gasteiger partial charge on any atom is -0.330 e. The number of nitrogens with one attached hydrogen (secondary N) is 2. The van der Waals surface area contributed by atoms with Crippen molar-refractivity contribution in [1.29, 1.82) is 0 Å². The maximum absolute atomic E-state index is 12.8. The van der Waals surface area contributed by atoms with Crippen LogP contribution in [0.3, 0.4) is 0 Å². The molecule has 2 aromatic carbocycles. The van der Waals surface area contributed by atoms with Crippen LogP contribution < -0.4 is 4.72 Å². The molecule has 0 amide bonds. The first-order chi connectivity index (χ1) is 15.0. The molecule has 32 heavy (non-hydrogen) atoms. The molecule has 7 nitrogen and oxygen atoms in total. The number of nitrogens with zero attached hydrogens (tertiary/aromatic N) is 2. The lowest BCUT2D eigenvalue weighted by Gasteiger charge is -2.07. The summed E-state index contributed by atoms with van der Waals surface area (Å²) in [6.07, 6.45) is 7.78. The predicted molar refractivity (Wildman–Crippen MR) is 124 cm³/mol. The van der Waals surface area contributed by atoms with Gasteiger partial charge in [-0.1, -0.05) is 37.8 Å². The molecule has 0 unspecified atom stereocenters. The van der Waals surface area contributed by atoms with Gasteiger partial charge in [0, 0.05) is 42.5 Å². The summed E-state index contributed by atoms with van der Waals surface area (Å²) in [5.74, 6) is 0.514. The summed E-state index contributed by atoms with van der Waals surface area (Å²) in [5, 5.41) is 2.13. The maximum Gasteiger partial charge on any atom is 0.264 e. The van der Waals surface area contributed by atoms with Gasteiger partial charge < -0.3 is 4.98 Å². The zero-order chi connectivity index (χ0) is 21.4. The van der Waals surface area contributed by atoms with Crippen molar-refractivity contribution < 1.29 is 13.2 Å². The van der Waals surface area contributed by atoms with Crippen molar-refractivity contribution in [3.05, 3.63) is 84.4 Å². The Hall–Kier alpha value is -3.52. The highest BCUT2D eigenvalue weighted by atomic mass is 32.2. The van der Waals surface area contributed by atoms with Crippen LogP contribution in [-0.2, 0) is 21.2 Å². The number of carbonyl (C=O) groups is 1. The summed E-state index contributed by atoms with van der Waals surface area (Å²) in [6, 6.07) is 14.7. The predicted octanol–water partition coefficient (Wildman–Crippen LogP) is 4.31. The van der Waals surface area contributed by atoms with Gasteiger partial charge in [0.1, 0.15) is 5.78 Å². The highest BCUT2D eigenvalue weighted by Gasteiger charge is 2.43. The third-order valence-corrected chi connectivity index (χ3v) is 6.99. The second-order valence-corrected chi connectivity index (χ2v) is 9.44. The maximum atomic E-state index is 12.8. The zero-order valence-electron chi connectivity index (χ0n) is 16.5. The van der Waals surface area contributed by atoms with Crippen molar-refractivity contribution in [2.24, 2.45) is 5.92 Å². The number of hydrogen-bond acceptors (Lipinski definition) is 5. The van der Waals surface area contributed by atoms with E-state index in [9.17, 15) is 13.2 Å². The average molecular weight is 449 g/mol. The summed E-state index contributed by atoms with van der Waals surface area (Å²) >= 11 is 0. The second kappa shape index (κ2) is 8.55. The second-order valence-electron chi connectivity index (χ2n) is 7.76. The molecule has 8 heteroatoms. The molecule has 1 aliphatic rings. The highest BCUT2D eigenvalue weighted by Crippen LogP contribution is 2.48. The van der Waals surface area contributed by atoms with Crippen molar-refractivity contribution in [1.82, 2.24) is 15.0 Å². The summed E-state index contributed by atoms with van der Waals surface area (Å²) in [5.41, 5.74) is 1.99. The van der Waals surface area contributed by atoms with Crippen LogP contribution in [0.2, 0.25) is 0 Å². The van der Waals surface area contributed by atoms with Crippen molar-refractivity contribution in [3.63, 3.8) is 0 Å². The Morgan fingerprint density at radius 3 is 2.62 bits per heavy atom. The van der Waals surface area contributed by atoms with E-state index in [1.807, 2.05) is 30.5 Å². The van der Waals surface area contributed by atoms with E-state index in [2.05, 4.69) is 19.7 Å². The van der Waals surface area contributed by atoms with E-state index in [1.54, 1.807) is 36.7 Å². The molecule has 1 saturated carbocycles. The van der Waals surface area contributed by atoms with Gasteiger partial charge in [-0.2, -0.15) is 0 Å². The van der Waals surface area contributed by atoms with Crippen LogP contribution in [0.25, 0.3) is 10.8 Å². The Balaban J connectivity index is 0.00000245. The molecule has 1 fully saturated rings. The molecular formula is C24H24N4O3S. The Kier molecular flexibility index (Phi) is 5.80. The monoisotopic (exact) mass is 448 g/mol. The van der Waals surface area contributed by atoms with Crippen LogP contribution in [0.1, 0.15) is 30.9 Å². The lowest BCUT2D eigenvalue weighted by Crippen LogP contribution is -2.14. The molecular weight excluding hydrogens is 424 g/mol. The van der Waals surface area contributed by atoms with E-state index in [0.717, 1.165) is 28.3 Å². The topological polar surface area (TPSA) is 105 Å². The van der Waals surface area contributed by atoms with E-state index in [-0.39, 0.29) is 35.9 Å². The SMILES string of the molecule is C.O=C(Cc1ccc2cnccc2c1)[C@@H]1C[C@H]1c1ccc(S(=O)(=O)Nc2ncc[nH]2)cc1. The van der Waals surface area contributed by atoms with E-state index in [4.69, 9.17) is 0 Å². The number of anilines is 1. The van der Waals surface area contributed by atoms with Gasteiger partial charge in [-0.15, -0.1) is 0 Å². The molecule has 2 N–H and O–H groups in total. The number of carbonyl (C=O) groups excluding carboxylic acids is 1. The van der Waals surface area contributed by atoms with Crippen molar-refractivity contribution >= 4 is 32.5 Å². The standard InChI is InChI=1S/C23H20N4O3S.CH4/c28-22(12-15-1-2-18-14-24-8-7-17(18)11-15)21-13-20(21)16-3-5-19(6-4-16)31(29,30)27-23-25-9-10-26-23;/h1-11,14,20-21H,12-13H2,(H2,25,26,27);1H4/t20-,21+;/m0./s1. The minimum absolute atomic E-state index is 0. The van der Waals surface area contributed by atoms with E-state index >= 15 is 0 Å². The molecule has 2 heterocycles. The van der Waals surface area contributed by atoms with Crippen LogP contribution in [0.15, 0.2) is 78.2 Å². The minimum atomic E-state index is -3.71. The van der Waals surface area contributed by atoms with Gasteiger partial charge >= 0.3 is 0 Å². The average Bonchev–Trinajstić information content (AvgIpc) is 3.43. The van der Waals surface area contributed by atoms with Crippen molar-refractivity contribution in [3.8, 4) is 0 Å². The van der Waals surface area contributed by atoms with Gasteiger partial charge in [0.05, 0.1) is 4.90 Å². The largest absolute Gasteiger partial charge is 0.330 e. The number of sulfonamides is 1. The highest BCUT2D eigenvalue weighted by molar-refractivity contribution is 7.92. The fourth-order valence-corrected chi connectivity index (χ4v) is 4.87. The number of aromatic amines is 1. The molecule has 0 saturated heterocycles. The lowest BCUT2D eigenvalue weighted by molar-refractivity contribution is -0.119. The number of aromatic nitrogens is 3. The van der Waals surface area contributed by atoms with Crippen molar-refractivity contribution in [2.75, 3.05) is 4.72 Å². The van der Waals surface area contributed by atoms with Crippen LogP contribution in [-0.4, -0.2) is 29.2 Å². The van der Waals surface area contributed by atoms with Gasteiger partial charge in [-0.3, -0.25) is 9.78 Å². The third kappa shape index (κ3) is 4.40. The summed E-state index contributed by atoms with van der Waals surface area (Å²) in [4.78, 5) is 23.6. The number of ketones is 1. The van der Waals surface area contributed by atoms with Crippen LogP contribution >= 0.6 is 0 Å². The normalized spacial score (nSPS) is 17.5. The number of Topliss-reactive ketones (excluding diaryl/α,β-unsaturated/α-hetero) is 1. The molecule has 1 aliphatic carbocycles. The molecule has 4 aromatic rings. The number of fused-ring (bicyclic) bond motifs is 1. The fourth-order valence-electron chi connectivity index (χ4n) is 3.90. The molecule has 2 aromatic heterocycles. The first-order valence-corrected chi connectivity index (χ1v) is 11.5. The summed E-state index contributed by atoms with van der Waals surface area (Å²) < 4.78 is 27.3. The Bertz CT molecular complexity index is 1350. The van der Waals surface area contributed by atoms with E-state index < -0.39 is 10.0 Å². The first kappa shape index (κ1) is 21.7. The van der Waals surface area contributed by atoms with Gasteiger partial charge in [-0.05, 0) is 47.1 Å². The number of rotatable bonds is 7. The number of H-pyrrole nitrogens is 1. The number of benzene rings is 2. The van der Waals surface area contributed by atoms with Crippen LogP contribution in [0.4, 0.5) is 5.95 Å². The quantitative estimate of drug-likeness (QED) is 0.438. The Morgan fingerprint density at radius 1 is 1.06 bits per heavy atom. The number of imidazole rings is 1. The summed E-state index contributed by atoms with van der Waals surface area (Å²) in [6.45, 7) is 0. The molecule has 0 bridgehead atoms. The van der Waals surface area contributed by atoms with Gasteiger partial charge in [0.15, 0.2) is 0 Å². The Morgan fingerprint density at radius 2 is 1.88 bits per heavy atom. The van der Waals surface area contributed by atoms with Crippen LogP contribution in [0, 0.1) is 5.92 Å². The molecule has 0 spiro atoms. The zero-order valence-corrected chi connectivity index (χ0v) is 17.3. The fraction of sp³-hybridized carbons (Fsp3) is 0.208. The molecule has 2 atom stereocenters. The smallest absolute Gasteiger partial charge is 0.264 e. The lowest BCUT2D eigenvalue weighted by atomic mass is 10.0. The van der Waals surface area contributed by atoms with Crippen LogP contribution in [0.5, 0.6) is 0 Å². The molecule has 164 valence electrons. The first-order valence-electron chi connectivity index (χ1n) is 9.97. The van der Waals surface area contributed by atoms with Gasteiger partial charge in [0.2, 0.25) is 5.95 Å². The van der Waals surface area contributed by atoms with Gasteiger partial charge in [-0.25, -0.2) is 18.1 Å². The third-order valence-electron chi connectivity index (χ3n) is 5.64. The van der Waals surface area contributed by atoms with Crippen molar-refractivity contribution in [2.45, 2.75) is 31.1 Å². The van der Waals surface area contributed by atoms with E-state index in [0.29, 0.717) is 6.42 Å². The van der Waals surface area contributed by atoms with E-state index in [1.165, 1.54) is 6.20 Å². The number of pyridine rings is 1. The molecule has 0 aliphatic heterocycles.